The van der Waals surface area contributed by atoms with Gasteiger partial charge in [0.15, 0.2) is 0 Å². The summed E-state index contributed by atoms with van der Waals surface area (Å²) >= 11 is 7.83. The van der Waals surface area contributed by atoms with Gasteiger partial charge in [0, 0.05) is 29.0 Å². The maximum Gasteiger partial charge on any atom is 0.306 e. The first-order chi connectivity index (χ1) is 11.6. The summed E-state index contributed by atoms with van der Waals surface area (Å²) in [6.45, 7) is 0.727. The zero-order valence-electron chi connectivity index (χ0n) is 13.5. The molecule has 1 N–H and O–H groups in total. The van der Waals surface area contributed by atoms with Crippen molar-refractivity contribution in [3.8, 4) is 0 Å². The molecular formula is C18H22ClNO3S. The van der Waals surface area contributed by atoms with Crippen LogP contribution in [0.25, 0.3) is 0 Å². The van der Waals surface area contributed by atoms with Crippen LogP contribution in [0, 0.1) is 11.8 Å². The van der Waals surface area contributed by atoms with E-state index in [2.05, 4.69) is 0 Å². The molecule has 1 saturated carbocycles. The Hall–Kier alpha value is -1.20. The topological polar surface area (TPSA) is 57.6 Å². The van der Waals surface area contributed by atoms with Crippen molar-refractivity contribution in [3.05, 3.63) is 34.9 Å². The third-order valence-corrected chi connectivity index (χ3v) is 6.31. The Morgan fingerprint density at radius 1 is 1.17 bits per heavy atom. The zero-order valence-corrected chi connectivity index (χ0v) is 15.1. The summed E-state index contributed by atoms with van der Waals surface area (Å²) in [6, 6.07) is 7.75. The molecule has 0 aromatic heterocycles. The van der Waals surface area contributed by atoms with Crippen LogP contribution in [-0.2, 0) is 9.59 Å². The first kappa shape index (κ1) is 17.6. The maximum atomic E-state index is 13.1. The smallest absolute Gasteiger partial charge is 0.306 e. The lowest BCUT2D eigenvalue weighted by Gasteiger charge is -2.39. The third-order valence-electron chi connectivity index (χ3n) is 5.04. The Kier molecular flexibility index (Phi) is 5.72. The number of carboxylic acids is 1. The molecule has 0 radical (unpaired) electrons. The lowest BCUT2D eigenvalue weighted by molar-refractivity contribution is -0.146. The lowest BCUT2D eigenvalue weighted by Crippen LogP contribution is -2.45. The van der Waals surface area contributed by atoms with Gasteiger partial charge in [-0.3, -0.25) is 9.59 Å². The molecule has 1 heterocycles. The van der Waals surface area contributed by atoms with Crippen molar-refractivity contribution < 1.29 is 14.7 Å². The number of hydrogen-bond donors (Lipinski definition) is 1. The fourth-order valence-corrected chi connectivity index (χ4v) is 4.92. The first-order valence-corrected chi connectivity index (χ1v) is 9.96. The number of amides is 1. The molecule has 1 aromatic carbocycles. The monoisotopic (exact) mass is 367 g/mol. The van der Waals surface area contributed by atoms with Crippen LogP contribution in [-0.4, -0.2) is 39.9 Å². The summed E-state index contributed by atoms with van der Waals surface area (Å²) in [7, 11) is 0. The van der Waals surface area contributed by atoms with Gasteiger partial charge in [-0.15, -0.1) is 0 Å². The third kappa shape index (κ3) is 3.89. The van der Waals surface area contributed by atoms with Crippen LogP contribution >= 0.6 is 23.4 Å². The molecule has 1 aromatic rings. The van der Waals surface area contributed by atoms with Gasteiger partial charge in [-0.05, 0) is 37.0 Å². The van der Waals surface area contributed by atoms with Crippen LogP contribution < -0.4 is 0 Å². The molecule has 0 spiro atoms. The summed E-state index contributed by atoms with van der Waals surface area (Å²) in [4.78, 5) is 26.3. The molecule has 3 atom stereocenters. The van der Waals surface area contributed by atoms with E-state index in [-0.39, 0.29) is 23.8 Å². The number of halogens is 1. The molecule has 2 aliphatic rings. The zero-order chi connectivity index (χ0) is 17.1. The number of benzene rings is 1. The van der Waals surface area contributed by atoms with Gasteiger partial charge in [0.1, 0.15) is 0 Å². The molecule has 130 valence electrons. The van der Waals surface area contributed by atoms with E-state index in [1.54, 1.807) is 0 Å². The number of nitrogens with zero attached hydrogens (tertiary/aromatic N) is 1. The molecule has 1 saturated heterocycles. The van der Waals surface area contributed by atoms with E-state index < -0.39 is 5.97 Å². The number of thioether (sulfide) groups is 1. The van der Waals surface area contributed by atoms with Gasteiger partial charge in [-0.25, -0.2) is 0 Å². The number of aliphatic carboxylic acids is 1. The average molecular weight is 368 g/mol. The quantitative estimate of drug-likeness (QED) is 0.881. The summed E-state index contributed by atoms with van der Waals surface area (Å²) in [5, 5.41) is 9.95. The van der Waals surface area contributed by atoms with E-state index in [1.807, 2.05) is 40.9 Å². The Morgan fingerprint density at radius 2 is 1.88 bits per heavy atom. The molecule has 1 aliphatic heterocycles. The van der Waals surface area contributed by atoms with Gasteiger partial charge in [0.25, 0.3) is 0 Å². The second-order valence-corrected chi connectivity index (χ2v) is 8.16. The highest BCUT2D eigenvalue weighted by atomic mass is 35.5. The maximum absolute atomic E-state index is 13.1. The van der Waals surface area contributed by atoms with Crippen molar-refractivity contribution in [2.24, 2.45) is 11.8 Å². The predicted octanol–water partition coefficient (Wildman–Crippen LogP) is 3.85. The Bertz CT molecular complexity index is 607. The fourth-order valence-electron chi connectivity index (χ4n) is 3.70. The van der Waals surface area contributed by atoms with Crippen LogP contribution in [0.4, 0.5) is 0 Å². The number of carbonyl (C=O) groups is 2. The van der Waals surface area contributed by atoms with E-state index in [0.29, 0.717) is 17.9 Å². The molecule has 0 bridgehead atoms. The van der Waals surface area contributed by atoms with Gasteiger partial charge in [-0.2, -0.15) is 11.8 Å². The van der Waals surface area contributed by atoms with Crippen molar-refractivity contribution in [1.82, 2.24) is 4.90 Å². The molecule has 1 amide bonds. The van der Waals surface area contributed by atoms with E-state index in [1.165, 1.54) is 0 Å². The molecule has 1 aliphatic carbocycles. The van der Waals surface area contributed by atoms with Crippen molar-refractivity contribution in [1.29, 1.82) is 0 Å². The highest BCUT2D eigenvalue weighted by Crippen LogP contribution is 2.36. The SMILES string of the molecule is O=C(O)C1CCCC(C(=O)N2CCSCC2c2ccc(Cl)cc2)C1. The first-order valence-electron chi connectivity index (χ1n) is 8.42. The molecule has 2 fully saturated rings. The Morgan fingerprint density at radius 3 is 2.58 bits per heavy atom. The molecule has 24 heavy (non-hydrogen) atoms. The van der Waals surface area contributed by atoms with Crippen LogP contribution in [0.1, 0.15) is 37.3 Å². The summed E-state index contributed by atoms with van der Waals surface area (Å²) in [6.07, 6.45) is 2.79. The largest absolute Gasteiger partial charge is 0.481 e. The summed E-state index contributed by atoms with van der Waals surface area (Å²) < 4.78 is 0. The fraction of sp³-hybridized carbons (Fsp3) is 0.556. The van der Waals surface area contributed by atoms with Gasteiger partial charge < -0.3 is 10.0 Å². The molecule has 6 heteroatoms. The summed E-state index contributed by atoms with van der Waals surface area (Å²) in [5.41, 5.74) is 1.10. The van der Waals surface area contributed by atoms with Crippen molar-refractivity contribution in [2.75, 3.05) is 18.1 Å². The minimum absolute atomic E-state index is 0.0544. The number of carbonyl (C=O) groups excluding carboxylic acids is 1. The molecule has 4 nitrogen and oxygen atoms in total. The predicted molar refractivity (Wildman–Crippen MR) is 96.3 cm³/mol. The van der Waals surface area contributed by atoms with Gasteiger partial charge >= 0.3 is 5.97 Å². The number of hydrogen-bond acceptors (Lipinski definition) is 3. The van der Waals surface area contributed by atoms with E-state index in [4.69, 9.17) is 11.6 Å². The Balaban J connectivity index is 1.76. The van der Waals surface area contributed by atoms with E-state index in [9.17, 15) is 14.7 Å². The van der Waals surface area contributed by atoms with Gasteiger partial charge in [0.2, 0.25) is 5.91 Å². The summed E-state index contributed by atoms with van der Waals surface area (Å²) in [5.74, 6) is 0.642. The average Bonchev–Trinajstić information content (AvgIpc) is 2.62. The van der Waals surface area contributed by atoms with Gasteiger partial charge in [0.05, 0.1) is 12.0 Å². The van der Waals surface area contributed by atoms with Crippen molar-refractivity contribution >= 4 is 35.2 Å². The number of rotatable bonds is 3. The highest BCUT2D eigenvalue weighted by molar-refractivity contribution is 7.99. The second kappa shape index (κ2) is 7.79. The minimum atomic E-state index is -0.768. The van der Waals surface area contributed by atoms with E-state index >= 15 is 0 Å². The minimum Gasteiger partial charge on any atom is -0.481 e. The lowest BCUT2D eigenvalue weighted by atomic mass is 9.80. The highest BCUT2D eigenvalue weighted by Gasteiger charge is 2.36. The standard InChI is InChI=1S/C18H22ClNO3S/c19-15-6-4-12(5-7-15)16-11-24-9-8-20(16)17(21)13-2-1-3-14(10-13)18(22)23/h4-7,13-14,16H,1-3,8-11H2,(H,22,23). The second-order valence-electron chi connectivity index (χ2n) is 6.57. The Labute approximate surface area is 151 Å². The molecule has 3 rings (SSSR count). The van der Waals surface area contributed by atoms with Crippen LogP contribution in [0.2, 0.25) is 5.02 Å². The normalized spacial score (nSPS) is 27.7. The van der Waals surface area contributed by atoms with Crippen LogP contribution in [0.15, 0.2) is 24.3 Å². The van der Waals surface area contributed by atoms with E-state index in [0.717, 1.165) is 36.5 Å². The van der Waals surface area contributed by atoms with Crippen LogP contribution in [0.3, 0.4) is 0 Å². The van der Waals surface area contributed by atoms with Crippen molar-refractivity contribution in [2.45, 2.75) is 31.7 Å². The number of carboxylic acid groups (broad SMARTS) is 1. The van der Waals surface area contributed by atoms with Crippen molar-refractivity contribution in [3.63, 3.8) is 0 Å². The molecule has 3 unspecified atom stereocenters. The van der Waals surface area contributed by atoms with Gasteiger partial charge in [-0.1, -0.05) is 30.2 Å². The molecular weight excluding hydrogens is 346 g/mol. The van der Waals surface area contributed by atoms with Crippen LogP contribution in [0.5, 0.6) is 0 Å².